The minimum Gasteiger partial charge on any atom is -0.481 e. The lowest BCUT2D eigenvalue weighted by molar-refractivity contribution is -0.142. The third-order valence-corrected chi connectivity index (χ3v) is 7.74. The van der Waals surface area contributed by atoms with Crippen LogP contribution in [0, 0.1) is 5.41 Å². The van der Waals surface area contributed by atoms with Gasteiger partial charge in [0.1, 0.15) is 12.6 Å². The number of hydrogen-bond acceptors (Lipinski definition) is 5. The molecule has 1 unspecified atom stereocenters. The molecule has 3 aliphatic rings. The third-order valence-electron chi connectivity index (χ3n) is 7.74. The number of carboxylic acids is 1. The average molecular weight is 478 g/mol. The second kappa shape index (κ2) is 9.34. The first-order valence-corrected chi connectivity index (χ1v) is 12.2. The number of alkyl carbamates (subject to hydrolysis) is 1. The van der Waals surface area contributed by atoms with Gasteiger partial charge in [-0.3, -0.25) is 9.59 Å². The summed E-state index contributed by atoms with van der Waals surface area (Å²) in [6.07, 6.45) is 0.792. The number of piperidine rings is 1. The highest BCUT2D eigenvalue weighted by molar-refractivity contribution is 5.89. The molecule has 2 saturated heterocycles. The largest absolute Gasteiger partial charge is 0.481 e. The summed E-state index contributed by atoms with van der Waals surface area (Å²) in [5.41, 5.74) is 4.48. The fraction of sp³-hybridized carbons (Fsp3) is 0.444. The molecule has 2 amide bonds. The van der Waals surface area contributed by atoms with Crippen molar-refractivity contribution in [3.8, 4) is 11.1 Å². The quantitative estimate of drug-likeness (QED) is 0.607. The normalized spacial score (nSPS) is 22.8. The number of carbonyl (C=O) groups excluding carboxylic acids is 2. The summed E-state index contributed by atoms with van der Waals surface area (Å²) in [6, 6.07) is 14.9. The number of aliphatic carboxylic acids is 1. The van der Waals surface area contributed by atoms with E-state index in [0.29, 0.717) is 6.54 Å². The molecule has 2 aromatic rings. The van der Waals surface area contributed by atoms with Gasteiger partial charge in [-0.2, -0.15) is 0 Å². The first-order valence-electron chi connectivity index (χ1n) is 12.2. The zero-order valence-electron chi connectivity index (χ0n) is 19.9. The van der Waals surface area contributed by atoms with Crippen LogP contribution in [0.2, 0.25) is 0 Å². The summed E-state index contributed by atoms with van der Waals surface area (Å²) in [6.45, 7) is 3.71. The van der Waals surface area contributed by atoms with Crippen LogP contribution in [0.5, 0.6) is 0 Å². The monoisotopic (exact) mass is 477 g/mol. The van der Waals surface area contributed by atoms with E-state index in [0.717, 1.165) is 54.7 Å². The van der Waals surface area contributed by atoms with Gasteiger partial charge in [0.15, 0.2) is 0 Å². The number of fused-ring (bicyclic) bond motifs is 5. The van der Waals surface area contributed by atoms with Crippen LogP contribution in [0.4, 0.5) is 4.79 Å². The Kier molecular flexibility index (Phi) is 6.23. The number of ether oxygens (including phenoxy) is 1. The van der Waals surface area contributed by atoms with Crippen LogP contribution in [0.15, 0.2) is 48.5 Å². The Bertz CT molecular complexity index is 1100. The molecule has 8 heteroatoms. The Hall–Kier alpha value is -3.39. The van der Waals surface area contributed by atoms with Crippen molar-refractivity contribution in [2.75, 3.05) is 39.8 Å². The van der Waals surface area contributed by atoms with Gasteiger partial charge < -0.3 is 25.0 Å². The van der Waals surface area contributed by atoms with E-state index in [9.17, 15) is 19.5 Å². The van der Waals surface area contributed by atoms with Gasteiger partial charge >= 0.3 is 12.1 Å². The molecule has 1 aliphatic carbocycles. The molecule has 2 aromatic carbocycles. The maximum absolute atomic E-state index is 13.1. The summed E-state index contributed by atoms with van der Waals surface area (Å²) < 4.78 is 5.54. The number of amides is 2. The number of carbonyl (C=O) groups is 3. The molecule has 1 atom stereocenters. The number of nitrogens with one attached hydrogen (secondary N) is 1. The number of likely N-dealkylation sites (N-methyl/N-ethyl adjacent to an activating group) is 1. The molecule has 5 rings (SSSR count). The molecule has 2 N–H and O–H groups in total. The maximum atomic E-state index is 13.1. The van der Waals surface area contributed by atoms with Crippen LogP contribution < -0.4 is 5.32 Å². The number of nitrogens with zero attached hydrogens (tertiary/aromatic N) is 2. The minimum atomic E-state index is -1.18. The van der Waals surface area contributed by atoms with Crippen molar-refractivity contribution in [3.05, 3.63) is 59.7 Å². The lowest BCUT2D eigenvalue weighted by Crippen LogP contribution is -2.51. The van der Waals surface area contributed by atoms with E-state index in [4.69, 9.17) is 4.74 Å². The van der Waals surface area contributed by atoms with Crippen molar-refractivity contribution in [1.82, 2.24) is 15.1 Å². The van der Waals surface area contributed by atoms with Crippen LogP contribution in [0.1, 0.15) is 36.3 Å². The van der Waals surface area contributed by atoms with Gasteiger partial charge in [-0.15, -0.1) is 0 Å². The van der Waals surface area contributed by atoms with Gasteiger partial charge in [-0.05, 0) is 48.2 Å². The number of hydrogen-bond donors (Lipinski definition) is 2. The van der Waals surface area contributed by atoms with Crippen molar-refractivity contribution < 1.29 is 24.2 Å². The molecule has 35 heavy (non-hydrogen) atoms. The zero-order valence-corrected chi connectivity index (χ0v) is 19.9. The van der Waals surface area contributed by atoms with E-state index in [1.807, 2.05) is 36.4 Å². The van der Waals surface area contributed by atoms with E-state index in [1.165, 1.54) is 0 Å². The Morgan fingerprint density at radius 2 is 1.69 bits per heavy atom. The summed E-state index contributed by atoms with van der Waals surface area (Å²) in [4.78, 5) is 41.3. The Morgan fingerprint density at radius 3 is 2.23 bits per heavy atom. The summed E-state index contributed by atoms with van der Waals surface area (Å²) in [5.74, 6) is -1.67. The standard InChI is InChI=1S/C27H31N3O5/c1-29(16-27-10-12-30(17-27)13-11-27)25(33)23(14-24(31)32)28-26(34)35-15-22-20-8-4-2-6-18(20)19-7-3-5-9-21(19)22/h2-9,22-23H,10-17H2,1H3,(H,28,34)(H,31,32). The first kappa shape index (κ1) is 23.4. The number of carboxylic acid groups (broad SMARTS) is 1. The van der Waals surface area contributed by atoms with Gasteiger partial charge in [0, 0.05) is 31.5 Å². The van der Waals surface area contributed by atoms with E-state index in [2.05, 4.69) is 22.3 Å². The highest BCUT2D eigenvalue weighted by Crippen LogP contribution is 2.44. The smallest absolute Gasteiger partial charge is 0.407 e. The SMILES string of the molecule is CN(CC12CCN(CC1)C2)C(=O)C(CC(=O)O)NC(=O)OCC1c2ccccc2-c2ccccc21. The van der Waals surface area contributed by atoms with Gasteiger partial charge in [-0.25, -0.2) is 4.79 Å². The highest BCUT2D eigenvalue weighted by Gasteiger charge is 2.45. The molecule has 8 nitrogen and oxygen atoms in total. The Balaban J connectivity index is 1.23. The lowest BCUT2D eigenvalue weighted by Gasteiger charge is -2.32. The summed E-state index contributed by atoms with van der Waals surface area (Å²) >= 11 is 0. The highest BCUT2D eigenvalue weighted by atomic mass is 16.5. The first-order chi connectivity index (χ1) is 16.8. The Morgan fingerprint density at radius 1 is 1.09 bits per heavy atom. The second-order valence-electron chi connectivity index (χ2n) is 10.1. The molecule has 2 fully saturated rings. The van der Waals surface area contributed by atoms with E-state index in [-0.39, 0.29) is 17.9 Å². The van der Waals surface area contributed by atoms with Crippen molar-refractivity contribution in [3.63, 3.8) is 0 Å². The predicted octanol–water partition coefficient (Wildman–Crippen LogP) is 2.92. The van der Waals surface area contributed by atoms with Crippen molar-refractivity contribution >= 4 is 18.0 Å². The maximum Gasteiger partial charge on any atom is 0.407 e. The fourth-order valence-electron chi connectivity index (χ4n) is 6.03. The van der Waals surface area contributed by atoms with Gasteiger partial charge in [-0.1, -0.05) is 48.5 Å². The van der Waals surface area contributed by atoms with Crippen molar-refractivity contribution in [2.24, 2.45) is 5.41 Å². The molecule has 184 valence electrons. The van der Waals surface area contributed by atoms with Crippen molar-refractivity contribution in [1.29, 1.82) is 0 Å². The third kappa shape index (κ3) is 4.62. The van der Waals surface area contributed by atoms with Crippen LogP contribution in [0.3, 0.4) is 0 Å². The van der Waals surface area contributed by atoms with Crippen LogP contribution >= 0.6 is 0 Å². The predicted molar refractivity (Wildman–Crippen MR) is 130 cm³/mol. The van der Waals surface area contributed by atoms with Gasteiger partial charge in [0.2, 0.25) is 5.91 Å². The zero-order chi connectivity index (χ0) is 24.6. The molecule has 2 bridgehead atoms. The molecule has 2 heterocycles. The van der Waals surface area contributed by atoms with Crippen molar-refractivity contribution in [2.45, 2.75) is 31.2 Å². The number of benzene rings is 2. The van der Waals surface area contributed by atoms with Crippen LogP contribution in [0.25, 0.3) is 11.1 Å². The molecule has 0 spiro atoms. The van der Waals surface area contributed by atoms with Crippen LogP contribution in [-0.4, -0.2) is 78.8 Å². The lowest BCUT2D eigenvalue weighted by atomic mass is 9.84. The average Bonchev–Trinajstić information content (AvgIpc) is 3.53. The number of rotatable bonds is 8. The molecular weight excluding hydrogens is 446 g/mol. The summed E-state index contributed by atoms with van der Waals surface area (Å²) in [5, 5.41) is 11.9. The molecular formula is C27H31N3O5. The van der Waals surface area contributed by atoms with E-state index >= 15 is 0 Å². The van der Waals surface area contributed by atoms with E-state index < -0.39 is 30.4 Å². The fourth-order valence-corrected chi connectivity index (χ4v) is 6.03. The molecule has 2 aliphatic heterocycles. The molecule has 0 aromatic heterocycles. The van der Waals surface area contributed by atoms with Gasteiger partial charge in [0.25, 0.3) is 0 Å². The van der Waals surface area contributed by atoms with E-state index in [1.54, 1.807) is 11.9 Å². The molecule has 0 saturated carbocycles. The van der Waals surface area contributed by atoms with Gasteiger partial charge in [0.05, 0.1) is 6.42 Å². The van der Waals surface area contributed by atoms with Crippen LogP contribution in [-0.2, 0) is 14.3 Å². The summed E-state index contributed by atoms with van der Waals surface area (Å²) in [7, 11) is 1.69. The second-order valence-corrected chi connectivity index (χ2v) is 10.1. The topological polar surface area (TPSA) is 99.2 Å². The minimum absolute atomic E-state index is 0.0714. The Labute approximate surface area is 204 Å². The molecule has 0 radical (unpaired) electrons.